The average molecular weight is 478 g/mol. The van der Waals surface area contributed by atoms with Gasteiger partial charge in [0.1, 0.15) is 16.3 Å². The minimum absolute atomic E-state index is 0.0705. The summed E-state index contributed by atoms with van der Waals surface area (Å²) >= 11 is 0. The Morgan fingerprint density at radius 1 is 1.12 bits per heavy atom. The molecular weight excluding hydrogens is 450 g/mol. The molecule has 0 unspecified atom stereocenters. The van der Waals surface area contributed by atoms with Gasteiger partial charge in [-0.2, -0.15) is 0 Å². The van der Waals surface area contributed by atoms with Crippen molar-refractivity contribution in [1.29, 1.82) is 0 Å². The number of benzene rings is 1. The molecule has 0 aliphatic heterocycles. The Balaban J connectivity index is 1.80. The molecule has 10 heteroatoms. The number of nitrogens with one attached hydrogen (secondary N) is 1. The second-order valence-corrected chi connectivity index (χ2v) is 13.6. The summed E-state index contributed by atoms with van der Waals surface area (Å²) in [6, 6.07) is 8.59. The van der Waals surface area contributed by atoms with Crippen LogP contribution in [0.4, 0.5) is 5.69 Å². The van der Waals surface area contributed by atoms with Gasteiger partial charge in [0.05, 0.1) is 29.0 Å². The molecule has 1 aliphatic carbocycles. The minimum atomic E-state index is -3.69. The molecule has 1 aromatic carbocycles. The first-order chi connectivity index (χ1) is 14.9. The molecule has 8 nitrogen and oxygen atoms in total. The summed E-state index contributed by atoms with van der Waals surface area (Å²) in [5.74, 6) is 0.228. The molecule has 172 valence electrons. The standard InChI is InChI=1S/C22H27N3O5S2/c1-22(2,3)31(26,27)20-14-25-18(13-23-21(25)12-19(20)30-4)15-7-5-8-16(11-15)24-32(28,29)17-9-6-10-17/h5,7-8,11-14,17,24H,6,9-10H2,1-4H3. The molecule has 4 rings (SSSR count). The lowest BCUT2D eigenvalue weighted by atomic mass is 10.0. The van der Waals surface area contributed by atoms with Crippen molar-refractivity contribution in [1.82, 2.24) is 9.38 Å². The van der Waals surface area contributed by atoms with Gasteiger partial charge in [0.25, 0.3) is 0 Å². The fourth-order valence-corrected chi connectivity index (χ4v) is 6.45. The quantitative estimate of drug-likeness (QED) is 0.577. The normalized spacial score (nSPS) is 15.5. The summed E-state index contributed by atoms with van der Waals surface area (Å²) in [6.07, 6.45) is 5.42. The zero-order valence-corrected chi connectivity index (χ0v) is 20.1. The van der Waals surface area contributed by atoms with Gasteiger partial charge in [0.2, 0.25) is 10.0 Å². The van der Waals surface area contributed by atoms with Gasteiger partial charge in [0.15, 0.2) is 9.84 Å². The van der Waals surface area contributed by atoms with E-state index in [2.05, 4.69) is 9.71 Å². The number of hydrogen-bond acceptors (Lipinski definition) is 6. The predicted molar refractivity (Wildman–Crippen MR) is 124 cm³/mol. The Hall–Kier alpha value is -2.59. The first-order valence-electron chi connectivity index (χ1n) is 10.4. The first kappa shape index (κ1) is 22.6. The van der Waals surface area contributed by atoms with E-state index in [1.54, 1.807) is 55.6 Å². The molecule has 32 heavy (non-hydrogen) atoms. The van der Waals surface area contributed by atoms with Gasteiger partial charge in [-0.25, -0.2) is 21.8 Å². The molecule has 1 aliphatic rings. The Kier molecular flexibility index (Phi) is 5.49. The van der Waals surface area contributed by atoms with Crippen LogP contribution in [0.25, 0.3) is 16.9 Å². The molecule has 0 spiro atoms. The van der Waals surface area contributed by atoms with Crippen molar-refractivity contribution in [3.8, 4) is 17.0 Å². The summed E-state index contributed by atoms with van der Waals surface area (Å²) in [5, 5.41) is -0.348. The monoisotopic (exact) mass is 477 g/mol. The Bertz CT molecular complexity index is 1380. The van der Waals surface area contributed by atoms with Gasteiger partial charge in [0, 0.05) is 23.5 Å². The number of aromatic nitrogens is 2. The molecule has 2 aromatic heterocycles. The van der Waals surface area contributed by atoms with Crippen LogP contribution in [-0.2, 0) is 19.9 Å². The van der Waals surface area contributed by atoms with Crippen LogP contribution in [0.2, 0.25) is 0 Å². The van der Waals surface area contributed by atoms with E-state index in [0.29, 0.717) is 35.4 Å². The summed E-state index contributed by atoms with van der Waals surface area (Å²) < 4.78 is 60.0. The zero-order chi connectivity index (χ0) is 23.3. The number of rotatable bonds is 6. The number of sulfone groups is 1. The molecule has 0 bridgehead atoms. The van der Waals surface area contributed by atoms with Gasteiger partial charge >= 0.3 is 0 Å². The van der Waals surface area contributed by atoms with E-state index in [-0.39, 0.29) is 15.9 Å². The van der Waals surface area contributed by atoms with E-state index in [1.807, 2.05) is 6.07 Å². The van der Waals surface area contributed by atoms with Crippen molar-refractivity contribution >= 4 is 31.2 Å². The van der Waals surface area contributed by atoms with Crippen molar-refractivity contribution in [2.75, 3.05) is 11.8 Å². The van der Waals surface area contributed by atoms with Crippen LogP contribution in [0.3, 0.4) is 0 Å². The van der Waals surface area contributed by atoms with Crippen molar-refractivity contribution in [2.45, 2.75) is 54.9 Å². The minimum Gasteiger partial charge on any atom is -0.495 e. The number of pyridine rings is 1. The highest BCUT2D eigenvalue weighted by Crippen LogP contribution is 2.35. The highest BCUT2D eigenvalue weighted by molar-refractivity contribution is 7.93. The summed E-state index contributed by atoms with van der Waals surface area (Å²) in [6.45, 7) is 4.91. The van der Waals surface area contributed by atoms with Crippen molar-refractivity contribution < 1.29 is 21.6 Å². The third-order valence-electron chi connectivity index (χ3n) is 5.80. The van der Waals surface area contributed by atoms with E-state index in [9.17, 15) is 16.8 Å². The lowest BCUT2D eigenvalue weighted by Crippen LogP contribution is -2.33. The number of nitrogens with zero attached hydrogens (tertiary/aromatic N) is 2. The maximum atomic E-state index is 13.2. The van der Waals surface area contributed by atoms with E-state index in [1.165, 1.54) is 13.3 Å². The molecular formula is C22H27N3O5S2. The Morgan fingerprint density at radius 3 is 2.44 bits per heavy atom. The second kappa shape index (κ2) is 7.77. The van der Waals surface area contributed by atoms with Crippen molar-refractivity contribution in [2.24, 2.45) is 0 Å². The van der Waals surface area contributed by atoms with Gasteiger partial charge in [-0.3, -0.25) is 9.12 Å². The van der Waals surface area contributed by atoms with Crippen LogP contribution >= 0.6 is 0 Å². The van der Waals surface area contributed by atoms with Crippen LogP contribution in [0.15, 0.2) is 47.6 Å². The topological polar surface area (TPSA) is 107 Å². The highest BCUT2D eigenvalue weighted by Gasteiger charge is 2.34. The summed E-state index contributed by atoms with van der Waals surface area (Å²) in [5.41, 5.74) is 2.32. The van der Waals surface area contributed by atoms with E-state index < -0.39 is 24.6 Å². The predicted octanol–water partition coefficient (Wildman–Crippen LogP) is 3.88. The SMILES string of the molecule is COc1cc2ncc(-c3cccc(NS(=O)(=O)C4CCC4)c3)n2cc1S(=O)(=O)C(C)(C)C. The average Bonchev–Trinajstić information content (AvgIpc) is 3.07. The van der Waals surface area contributed by atoms with Crippen LogP contribution in [0.5, 0.6) is 5.75 Å². The van der Waals surface area contributed by atoms with Gasteiger partial charge in [-0.15, -0.1) is 0 Å². The van der Waals surface area contributed by atoms with E-state index in [4.69, 9.17) is 4.74 Å². The zero-order valence-electron chi connectivity index (χ0n) is 18.5. The number of imidazole rings is 1. The number of ether oxygens (including phenoxy) is 1. The molecule has 0 saturated heterocycles. The maximum Gasteiger partial charge on any atom is 0.235 e. The molecule has 0 amide bonds. The van der Waals surface area contributed by atoms with Gasteiger partial charge in [-0.1, -0.05) is 18.6 Å². The molecule has 1 fully saturated rings. The molecule has 3 aromatic rings. The number of methoxy groups -OCH3 is 1. The molecule has 0 atom stereocenters. The van der Waals surface area contributed by atoms with E-state index >= 15 is 0 Å². The third kappa shape index (κ3) is 3.86. The fraction of sp³-hybridized carbons (Fsp3) is 0.409. The largest absolute Gasteiger partial charge is 0.495 e. The van der Waals surface area contributed by atoms with Crippen LogP contribution < -0.4 is 9.46 Å². The van der Waals surface area contributed by atoms with Crippen LogP contribution in [-0.4, -0.2) is 43.3 Å². The number of hydrogen-bond donors (Lipinski definition) is 1. The van der Waals surface area contributed by atoms with Gasteiger partial charge < -0.3 is 4.74 Å². The second-order valence-electron chi connectivity index (χ2n) is 8.97. The highest BCUT2D eigenvalue weighted by atomic mass is 32.2. The van der Waals surface area contributed by atoms with Gasteiger partial charge in [-0.05, 0) is 45.7 Å². The molecule has 1 N–H and O–H groups in total. The summed E-state index contributed by atoms with van der Waals surface area (Å²) in [4.78, 5) is 4.46. The third-order valence-corrected chi connectivity index (χ3v) is 10.2. The molecule has 1 saturated carbocycles. The van der Waals surface area contributed by atoms with Crippen LogP contribution in [0.1, 0.15) is 40.0 Å². The summed E-state index contributed by atoms with van der Waals surface area (Å²) in [7, 11) is -5.69. The van der Waals surface area contributed by atoms with Crippen molar-refractivity contribution in [3.63, 3.8) is 0 Å². The van der Waals surface area contributed by atoms with Crippen LogP contribution in [0, 0.1) is 0 Å². The molecule has 2 heterocycles. The smallest absolute Gasteiger partial charge is 0.235 e. The molecule has 0 radical (unpaired) electrons. The first-order valence-corrected chi connectivity index (χ1v) is 13.4. The number of anilines is 1. The lowest BCUT2D eigenvalue weighted by Gasteiger charge is -2.25. The number of fused-ring (bicyclic) bond motifs is 1. The fourth-order valence-electron chi connectivity index (χ4n) is 3.56. The lowest BCUT2D eigenvalue weighted by molar-refractivity contribution is 0.401. The Labute approximate surface area is 188 Å². The maximum absolute atomic E-state index is 13.2. The number of sulfonamides is 1. The Morgan fingerprint density at radius 2 is 1.84 bits per heavy atom. The van der Waals surface area contributed by atoms with Crippen molar-refractivity contribution in [3.05, 3.63) is 42.7 Å². The van der Waals surface area contributed by atoms with E-state index in [0.717, 1.165) is 6.42 Å².